The average molecular weight is 439 g/mol. The third-order valence-electron chi connectivity index (χ3n) is 5.71. The molecule has 30 heavy (non-hydrogen) atoms. The Kier molecular flexibility index (Phi) is 5.49. The maximum absolute atomic E-state index is 14.0. The molecular formula is C19H23F2N5O3S. The van der Waals surface area contributed by atoms with Gasteiger partial charge in [-0.3, -0.25) is 4.68 Å². The van der Waals surface area contributed by atoms with E-state index in [1.54, 1.807) is 11.1 Å². The molecule has 0 radical (unpaired) electrons. The maximum atomic E-state index is 14.0. The van der Waals surface area contributed by atoms with Crippen LogP contribution in [0.3, 0.4) is 0 Å². The van der Waals surface area contributed by atoms with Crippen molar-refractivity contribution in [3.63, 3.8) is 0 Å². The third kappa shape index (κ3) is 3.79. The van der Waals surface area contributed by atoms with Gasteiger partial charge in [0, 0.05) is 44.5 Å². The van der Waals surface area contributed by atoms with Crippen molar-refractivity contribution in [1.82, 2.24) is 24.3 Å². The number of aryl methyl sites for hydroxylation is 1. The van der Waals surface area contributed by atoms with Crippen molar-refractivity contribution in [3.05, 3.63) is 47.3 Å². The van der Waals surface area contributed by atoms with Crippen molar-refractivity contribution < 1.29 is 22.0 Å². The fourth-order valence-electron chi connectivity index (χ4n) is 4.04. The number of amides is 2. The number of nitrogens with one attached hydrogen (secondary N) is 1. The number of aromatic nitrogens is 2. The van der Waals surface area contributed by atoms with Crippen LogP contribution in [-0.2, 0) is 23.5 Å². The van der Waals surface area contributed by atoms with Crippen LogP contribution in [0.25, 0.3) is 0 Å². The summed E-state index contributed by atoms with van der Waals surface area (Å²) in [4.78, 5) is 13.6. The van der Waals surface area contributed by atoms with Crippen molar-refractivity contribution in [2.24, 2.45) is 7.05 Å². The number of rotatable bonds is 3. The second-order valence-corrected chi connectivity index (χ2v) is 9.44. The van der Waals surface area contributed by atoms with Crippen molar-refractivity contribution >= 4 is 16.1 Å². The summed E-state index contributed by atoms with van der Waals surface area (Å²) in [6, 6.07) is 1.94. The van der Waals surface area contributed by atoms with Gasteiger partial charge in [-0.25, -0.2) is 22.0 Å². The lowest BCUT2D eigenvalue weighted by atomic mass is 9.93. The Morgan fingerprint density at radius 1 is 1.20 bits per heavy atom. The number of nitrogens with zero attached hydrogens (tertiary/aromatic N) is 4. The number of fused-ring (bicyclic) bond motifs is 1. The number of urea groups is 1. The van der Waals surface area contributed by atoms with Gasteiger partial charge < -0.3 is 10.2 Å². The number of piperazine rings is 1. The van der Waals surface area contributed by atoms with E-state index in [0.717, 1.165) is 47.0 Å². The Balaban J connectivity index is 1.40. The number of carbonyl (C=O) groups is 1. The fourth-order valence-corrected chi connectivity index (χ4v) is 5.54. The minimum absolute atomic E-state index is 0.00845. The predicted octanol–water partition coefficient (Wildman–Crippen LogP) is 1.79. The van der Waals surface area contributed by atoms with Gasteiger partial charge in [-0.2, -0.15) is 9.40 Å². The first-order valence-corrected chi connectivity index (χ1v) is 11.2. The number of hydrogen-bond acceptors (Lipinski definition) is 4. The highest BCUT2D eigenvalue weighted by Crippen LogP contribution is 2.29. The molecule has 1 aromatic heterocycles. The molecule has 2 aliphatic rings. The standard InChI is InChI=1S/C19H23F2N5O3S/c1-24-17-4-2-3-16(14(17)12-22-24)23-19(27)25-7-9-26(10-8-25)30(28,29)18-11-13(20)5-6-15(18)21/h5-6,11-12,16H,2-4,7-10H2,1H3,(H,23,27). The number of hydrogen-bond donors (Lipinski definition) is 1. The lowest BCUT2D eigenvalue weighted by Gasteiger charge is -2.35. The number of halogens is 2. The van der Waals surface area contributed by atoms with Crippen LogP contribution in [0.5, 0.6) is 0 Å². The molecule has 2 amide bonds. The molecule has 1 aromatic carbocycles. The fraction of sp³-hybridized carbons (Fsp3) is 0.474. The lowest BCUT2D eigenvalue weighted by molar-refractivity contribution is 0.167. The molecule has 1 atom stereocenters. The minimum Gasteiger partial charge on any atom is -0.331 e. The summed E-state index contributed by atoms with van der Waals surface area (Å²) in [6.45, 7) is 0.340. The van der Waals surface area contributed by atoms with E-state index in [-0.39, 0.29) is 38.3 Å². The molecule has 0 bridgehead atoms. The number of sulfonamides is 1. The molecule has 8 nitrogen and oxygen atoms in total. The summed E-state index contributed by atoms with van der Waals surface area (Å²) in [7, 11) is -2.30. The zero-order chi connectivity index (χ0) is 21.5. The van der Waals surface area contributed by atoms with Gasteiger partial charge in [0.15, 0.2) is 0 Å². The first kappa shape index (κ1) is 20.7. The molecule has 1 aliphatic carbocycles. The molecule has 4 rings (SSSR count). The molecule has 2 aromatic rings. The van der Waals surface area contributed by atoms with Crippen molar-refractivity contribution in [3.8, 4) is 0 Å². The molecule has 1 saturated heterocycles. The van der Waals surface area contributed by atoms with E-state index in [0.29, 0.717) is 6.07 Å². The van der Waals surface area contributed by atoms with E-state index in [4.69, 9.17) is 0 Å². The van der Waals surface area contributed by atoms with Gasteiger partial charge >= 0.3 is 6.03 Å². The normalized spacial score (nSPS) is 20.1. The van der Waals surface area contributed by atoms with Gasteiger partial charge in [0.25, 0.3) is 0 Å². The SMILES string of the molecule is Cn1ncc2c1CCCC2NC(=O)N1CCN(S(=O)(=O)c2cc(F)ccc2F)CC1. The Hall–Kier alpha value is -2.53. The van der Waals surface area contributed by atoms with E-state index in [1.165, 1.54) is 0 Å². The smallest absolute Gasteiger partial charge is 0.317 e. The summed E-state index contributed by atoms with van der Waals surface area (Å²) >= 11 is 0. The highest BCUT2D eigenvalue weighted by atomic mass is 32.2. The van der Waals surface area contributed by atoms with Gasteiger partial charge in [0.1, 0.15) is 16.5 Å². The Bertz CT molecular complexity index is 1060. The second kappa shape index (κ2) is 7.95. The molecule has 0 saturated carbocycles. The Morgan fingerprint density at radius 3 is 2.67 bits per heavy atom. The second-order valence-electron chi connectivity index (χ2n) is 7.53. The summed E-state index contributed by atoms with van der Waals surface area (Å²) in [5, 5.41) is 7.28. The van der Waals surface area contributed by atoms with E-state index in [2.05, 4.69) is 10.4 Å². The van der Waals surface area contributed by atoms with Gasteiger partial charge in [-0.1, -0.05) is 0 Å². The van der Waals surface area contributed by atoms with Crippen molar-refractivity contribution in [1.29, 1.82) is 0 Å². The van der Waals surface area contributed by atoms with E-state index in [9.17, 15) is 22.0 Å². The average Bonchev–Trinajstić information content (AvgIpc) is 3.12. The monoisotopic (exact) mass is 439 g/mol. The van der Waals surface area contributed by atoms with Crippen LogP contribution in [0.4, 0.5) is 13.6 Å². The quantitative estimate of drug-likeness (QED) is 0.790. The molecule has 1 aliphatic heterocycles. The van der Waals surface area contributed by atoms with Crippen LogP contribution < -0.4 is 5.32 Å². The van der Waals surface area contributed by atoms with Gasteiger partial charge in [-0.15, -0.1) is 0 Å². The van der Waals surface area contributed by atoms with Crippen LogP contribution in [0, 0.1) is 11.6 Å². The third-order valence-corrected chi connectivity index (χ3v) is 7.62. The maximum Gasteiger partial charge on any atom is 0.317 e. The summed E-state index contributed by atoms with van der Waals surface area (Å²) < 4.78 is 55.6. The van der Waals surface area contributed by atoms with Crippen LogP contribution in [-0.4, -0.2) is 59.6 Å². The number of benzene rings is 1. The molecule has 1 N–H and O–H groups in total. The highest BCUT2D eigenvalue weighted by Gasteiger charge is 2.33. The first-order valence-electron chi connectivity index (χ1n) is 9.79. The summed E-state index contributed by atoms with van der Waals surface area (Å²) in [5.41, 5.74) is 2.12. The Morgan fingerprint density at radius 2 is 1.93 bits per heavy atom. The van der Waals surface area contributed by atoms with E-state index < -0.39 is 26.6 Å². The molecule has 1 fully saturated rings. The predicted molar refractivity (Wildman–Crippen MR) is 104 cm³/mol. The minimum atomic E-state index is -4.18. The van der Waals surface area contributed by atoms with Gasteiger partial charge in [-0.05, 0) is 37.5 Å². The lowest BCUT2D eigenvalue weighted by Crippen LogP contribution is -2.53. The van der Waals surface area contributed by atoms with Crippen LogP contribution >= 0.6 is 0 Å². The van der Waals surface area contributed by atoms with Gasteiger partial charge in [0.2, 0.25) is 10.0 Å². The number of carbonyl (C=O) groups excluding carboxylic acids is 1. The molecule has 1 unspecified atom stereocenters. The zero-order valence-corrected chi connectivity index (χ0v) is 17.3. The van der Waals surface area contributed by atoms with E-state index in [1.807, 2.05) is 11.7 Å². The highest BCUT2D eigenvalue weighted by molar-refractivity contribution is 7.89. The van der Waals surface area contributed by atoms with Crippen LogP contribution in [0.15, 0.2) is 29.3 Å². The molecule has 11 heteroatoms. The topological polar surface area (TPSA) is 87.5 Å². The summed E-state index contributed by atoms with van der Waals surface area (Å²) in [6.07, 6.45) is 4.46. The first-order chi connectivity index (χ1) is 14.3. The molecule has 2 heterocycles. The van der Waals surface area contributed by atoms with Crippen molar-refractivity contribution in [2.75, 3.05) is 26.2 Å². The van der Waals surface area contributed by atoms with Gasteiger partial charge in [0.05, 0.1) is 12.2 Å². The summed E-state index contributed by atoms with van der Waals surface area (Å²) in [5.74, 6) is -1.82. The molecule has 162 valence electrons. The van der Waals surface area contributed by atoms with Crippen LogP contribution in [0.1, 0.15) is 30.1 Å². The zero-order valence-electron chi connectivity index (χ0n) is 16.5. The van der Waals surface area contributed by atoms with Crippen LogP contribution in [0.2, 0.25) is 0 Å². The van der Waals surface area contributed by atoms with Crippen molar-refractivity contribution in [2.45, 2.75) is 30.2 Å². The molecule has 0 spiro atoms. The molecular weight excluding hydrogens is 416 g/mol. The largest absolute Gasteiger partial charge is 0.331 e. The Labute approximate surface area is 173 Å². The van der Waals surface area contributed by atoms with E-state index >= 15 is 0 Å².